The normalized spacial score (nSPS) is 20.5. The van der Waals surface area contributed by atoms with E-state index in [0.29, 0.717) is 12.1 Å². The van der Waals surface area contributed by atoms with Gasteiger partial charge in [0.25, 0.3) is 0 Å². The van der Waals surface area contributed by atoms with E-state index in [1.165, 1.54) is 12.0 Å². The molecule has 0 bridgehead atoms. The zero-order valence-corrected chi connectivity index (χ0v) is 22.2. The van der Waals surface area contributed by atoms with Gasteiger partial charge in [0, 0.05) is 49.3 Å². The maximum Gasteiger partial charge on any atom is 0.248 e. The number of likely N-dealkylation sites (N-methyl/N-ethyl adjacent to an activating group) is 1. The van der Waals surface area contributed by atoms with Gasteiger partial charge in [-0.05, 0) is 49.1 Å². The number of carbonyl (C=O) groups excluding carboxylic acids is 2. The molecule has 2 atom stereocenters. The number of benzene rings is 1. The molecule has 4 rings (SSSR count). The van der Waals surface area contributed by atoms with E-state index < -0.39 is 12.1 Å². The lowest BCUT2D eigenvalue weighted by atomic mass is 9.87. The number of hydrogen-bond donors (Lipinski definition) is 2. The Labute approximate surface area is 215 Å². The summed E-state index contributed by atoms with van der Waals surface area (Å²) in [5.41, 5.74) is 2.60. The van der Waals surface area contributed by atoms with Crippen LogP contribution in [0.1, 0.15) is 70.0 Å². The summed E-state index contributed by atoms with van der Waals surface area (Å²) in [6.07, 6.45) is 8.82. The Morgan fingerprint density at radius 3 is 2.44 bits per heavy atom. The molecule has 1 aromatic carbocycles. The van der Waals surface area contributed by atoms with Crippen molar-refractivity contribution >= 4 is 17.5 Å². The lowest BCUT2D eigenvalue weighted by Crippen LogP contribution is -2.59. The van der Waals surface area contributed by atoms with Crippen molar-refractivity contribution in [2.45, 2.75) is 76.4 Å². The molecule has 194 valence electrons. The molecular weight excluding hydrogens is 450 g/mol. The van der Waals surface area contributed by atoms with Gasteiger partial charge in [-0.3, -0.25) is 19.5 Å². The first-order chi connectivity index (χ1) is 17.2. The molecule has 36 heavy (non-hydrogen) atoms. The Morgan fingerprint density at radius 1 is 1.11 bits per heavy atom. The fourth-order valence-electron chi connectivity index (χ4n) is 5.24. The van der Waals surface area contributed by atoms with Crippen LogP contribution in [0.25, 0.3) is 0 Å². The molecule has 1 saturated carbocycles. The Kier molecular flexibility index (Phi) is 8.42. The van der Waals surface area contributed by atoms with Gasteiger partial charge in [0.15, 0.2) is 0 Å². The maximum absolute atomic E-state index is 14.2. The van der Waals surface area contributed by atoms with Crippen molar-refractivity contribution in [3.05, 3.63) is 59.9 Å². The molecule has 2 unspecified atom stereocenters. The minimum atomic E-state index is -0.803. The SMILES string of the molecule is CN1CCNC(C(=O)N(c2ccc(C(C)(C)C)cc2)C(C(=O)NC2CCCCC2)c2cccnc2)C1. The number of amides is 2. The van der Waals surface area contributed by atoms with Crippen molar-refractivity contribution in [3.63, 3.8) is 0 Å². The molecule has 1 aliphatic carbocycles. The molecule has 2 aromatic rings. The number of pyridine rings is 1. The van der Waals surface area contributed by atoms with Crippen molar-refractivity contribution in [2.75, 3.05) is 31.6 Å². The van der Waals surface area contributed by atoms with E-state index in [1.54, 1.807) is 17.3 Å². The number of anilines is 1. The van der Waals surface area contributed by atoms with Crippen LogP contribution in [-0.4, -0.2) is 60.5 Å². The van der Waals surface area contributed by atoms with Crippen molar-refractivity contribution < 1.29 is 9.59 Å². The molecule has 2 aliphatic rings. The Bertz CT molecular complexity index is 1010. The van der Waals surface area contributed by atoms with Gasteiger partial charge < -0.3 is 15.5 Å². The van der Waals surface area contributed by atoms with Gasteiger partial charge in [-0.1, -0.05) is 58.2 Å². The summed E-state index contributed by atoms with van der Waals surface area (Å²) in [5, 5.41) is 6.66. The minimum absolute atomic E-state index is 0.0118. The number of nitrogens with one attached hydrogen (secondary N) is 2. The zero-order valence-electron chi connectivity index (χ0n) is 22.2. The molecule has 2 N–H and O–H groups in total. The number of rotatable bonds is 6. The Hall–Kier alpha value is -2.77. The van der Waals surface area contributed by atoms with Crippen LogP contribution in [0.2, 0.25) is 0 Å². The molecule has 1 saturated heterocycles. The molecule has 2 amide bonds. The third-order valence-corrected chi connectivity index (χ3v) is 7.38. The molecule has 7 heteroatoms. The van der Waals surface area contributed by atoms with E-state index in [0.717, 1.165) is 44.5 Å². The topological polar surface area (TPSA) is 77.6 Å². The third kappa shape index (κ3) is 6.31. The van der Waals surface area contributed by atoms with Gasteiger partial charge >= 0.3 is 0 Å². The second-order valence-electron chi connectivity index (χ2n) is 11.3. The van der Waals surface area contributed by atoms with Crippen molar-refractivity contribution in [2.24, 2.45) is 0 Å². The number of nitrogens with zero attached hydrogens (tertiary/aromatic N) is 3. The van der Waals surface area contributed by atoms with Crippen LogP contribution in [0.4, 0.5) is 5.69 Å². The predicted molar refractivity (Wildman–Crippen MR) is 144 cm³/mol. The summed E-state index contributed by atoms with van der Waals surface area (Å²) < 4.78 is 0. The van der Waals surface area contributed by atoms with Gasteiger partial charge in [-0.15, -0.1) is 0 Å². The maximum atomic E-state index is 14.2. The highest BCUT2D eigenvalue weighted by atomic mass is 16.2. The van der Waals surface area contributed by atoms with Crippen LogP contribution in [0.15, 0.2) is 48.8 Å². The number of aromatic nitrogens is 1. The average Bonchev–Trinajstić information content (AvgIpc) is 2.87. The van der Waals surface area contributed by atoms with Crippen molar-refractivity contribution in [1.29, 1.82) is 0 Å². The zero-order chi connectivity index (χ0) is 25.7. The fourth-order valence-corrected chi connectivity index (χ4v) is 5.24. The van der Waals surface area contributed by atoms with E-state index in [2.05, 4.69) is 53.4 Å². The van der Waals surface area contributed by atoms with Crippen LogP contribution in [0, 0.1) is 0 Å². The lowest BCUT2D eigenvalue weighted by Gasteiger charge is -2.38. The smallest absolute Gasteiger partial charge is 0.248 e. The Balaban J connectivity index is 1.75. The summed E-state index contributed by atoms with van der Waals surface area (Å²) in [5.74, 6) is -0.245. The number of piperazine rings is 1. The standard InChI is InChI=1S/C29H41N5O2/c1-29(2,3)22-12-14-24(15-13-22)34(28(36)25-20-33(4)18-17-31-25)26(21-9-8-16-30-19-21)27(35)32-23-10-6-5-7-11-23/h8-9,12-16,19,23,25-26,31H,5-7,10-11,17-18,20H2,1-4H3,(H,32,35). The van der Waals surface area contributed by atoms with Crippen molar-refractivity contribution in [3.8, 4) is 0 Å². The average molecular weight is 492 g/mol. The minimum Gasteiger partial charge on any atom is -0.351 e. The monoisotopic (exact) mass is 491 g/mol. The van der Waals surface area contributed by atoms with E-state index in [1.807, 2.05) is 31.3 Å². The fraction of sp³-hybridized carbons (Fsp3) is 0.552. The first kappa shape index (κ1) is 26.3. The number of carbonyl (C=O) groups is 2. The van der Waals surface area contributed by atoms with Crippen LogP contribution in [-0.2, 0) is 15.0 Å². The first-order valence-corrected chi connectivity index (χ1v) is 13.3. The molecular formula is C29H41N5O2. The molecule has 2 heterocycles. The first-order valence-electron chi connectivity index (χ1n) is 13.3. The highest BCUT2D eigenvalue weighted by Gasteiger charge is 2.38. The van der Waals surface area contributed by atoms with E-state index in [9.17, 15) is 9.59 Å². The van der Waals surface area contributed by atoms with Gasteiger partial charge in [0.1, 0.15) is 12.1 Å². The summed E-state index contributed by atoms with van der Waals surface area (Å²) >= 11 is 0. The second-order valence-corrected chi connectivity index (χ2v) is 11.3. The van der Waals surface area contributed by atoms with Crippen molar-refractivity contribution in [1.82, 2.24) is 20.5 Å². The molecule has 2 fully saturated rings. The highest BCUT2D eigenvalue weighted by Crippen LogP contribution is 2.32. The van der Waals surface area contributed by atoms with E-state index >= 15 is 0 Å². The lowest BCUT2D eigenvalue weighted by molar-refractivity contribution is -0.128. The second kappa shape index (κ2) is 11.5. The van der Waals surface area contributed by atoms with Crippen LogP contribution < -0.4 is 15.5 Å². The quantitative estimate of drug-likeness (QED) is 0.643. The summed E-state index contributed by atoms with van der Waals surface area (Å²) in [4.78, 5) is 36.3. The Morgan fingerprint density at radius 2 is 1.83 bits per heavy atom. The van der Waals surface area contributed by atoms with Gasteiger partial charge in [-0.25, -0.2) is 0 Å². The van der Waals surface area contributed by atoms with Crippen LogP contribution in [0.3, 0.4) is 0 Å². The molecule has 1 aromatic heterocycles. The summed E-state index contributed by atoms with van der Waals surface area (Å²) in [7, 11) is 2.03. The largest absolute Gasteiger partial charge is 0.351 e. The molecule has 1 aliphatic heterocycles. The molecule has 7 nitrogen and oxygen atoms in total. The van der Waals surface area contributed by atoms with Gasteiger partial charge in [0.05, 0.1) is 0 Å². The number of hydrogen-bond acceptors (Lipinski definition) is 5. The molecule has 0 spiro atoms. The van der Waals surface area contributed by atoms with Gasteiger partial charge in [0.2, 0.25) is 11.8 Å². The molecule has 0 radical (unpaired) electrons. The predicted octanol–water partition coefficient (Wildman–Crippen LogP) is 3.81. The van der Waals surface area contributed by atoms with Gasteiger partial charge in [-0.2, -0.15) is 0 Å². The third-order valence-electron chi connectivity index (χ3n) is 7.38. The highest BCUT2D eigenvalue weighted by molar-refractivity contribution is 6.04. The van der Waals surface area contributed by atoms with Crippen LogP contribution in [0.5, 0.6) is 0 Å². The van der Waals surface area contributed by atoms with E-state index in [-0.39, 0.29) is 23.3 Å². The summed E-state index contributed by atoms with van der Waals surface area (Å²) in [6, 6.07) is 10.7. The van der Waals surface area contributed by atoms with Crippen LogP contribution >= 0.6 is 0 Å². The summed E-state index contributed by atoms with van der Waals surface area (Å²) in [6.45, 7) is 8.72. The van der Waals surface area contributed by atoms with E-state index in [4.69, 9.17) is 0 Å².